The molecule has 5 heteroatoms. The molecule has 21 heavy (non-hydrogen) atoms. The summed E-state index contributed by atoms with van der Waals surface area (Å²) in [4.78, 5) is 0. The lowest BCUT2D eigenvalue weighted by atomic mass is 10.0. The smallest absolute Gasteiger partial charge is 0.245 e. The highest BCUT2D eigenvalue weighted by Crippen LogP contribution is 2.21. The molecule has 2 rings (SSSR count). The Bertz CT molecular complexity index is 554. The number of benzene rings is 1. The van der Waals surface area contributed by atoms with Crippen molar-refractivity contribution in [1.29, 1.82) is 0 Å². The monoisotopic (exact) mass is 308 g/mol. The maximum atomic E-state index is 5.93. The predicted molar refractivity (Wildman–Crippen MR) is 82.3 cm³/mol. The lowest BCUT2D eigenvalue weighted by Gasteiger charge is -2.16. The minimum Gasteiger partial charge on any atom is -0.423 e. The van der Waals surface area contributed by atoms with Crippen LogP contribution in [0.4, 0.5) is 0 Å². The molecule has 0 aliphatic heterocycles. The first-order chi connectivity index (χ1) is 10.1. The Morgan fingerprint density at radius 2 is 1.95 bits per heavy atom. The van der Waals surface area contributed by atoms with Gasteiger partial charge in [-0.3, -0.25) is 0 Å². The van der Waals surface area contributed by atoms with Gasteiger partial charge in [-0.05, 0) is 36.5 Å². The summed E-state index contributed by atoms with van der Waals surface area (Å²) < 4.78 is 11.4. The molecule has 0 bridgehead atoms. The van der Waals surface area contributed by atoms with Gasteiger partial charge in [0.25, 0.3) is 0 Å². The molecule has 0 amide bonds. The van der Waals surface area contributed by atoms with Gasteiger partial charge in [-0.1, -0.05) is 37.6 Å². The molecule has 1 unspecified atom stereocenters. The molecule has 0 aliphatic rings. The average molecular weight is 309 g/mol. The molecule has 0 saturated heterocycles. The highest BCUT2D eigenvalue weighted by molar-refractivity contribution is 6.30. The van der Waals surface area contributed by atoms with E-state index in [1.807, 2.05) is 19.1 Å². The van der Waals surface area contributed by atoms with Crippen LogP contribution in [0.3, 0.4) is 0 Å². The lowest BCUT2D eigenvalue weighted by molar-refractivity contribution is 0.0125. The molecule has 4 nitrogen and oxygen atoms in total. The quantitative estimate of drug-likeness (QED) is 0.761. The number of nitrogens with zero attached hydrogens (tertiary/aromatic N) is 2. The van der Waals surface area contributed by atoms with Crippen molar-refractivity contribution in [2.45, 2.75) is 39.7 Å². The van der Waals surface area contributed by atoms with Crippen LogP contribution in [0.15, 0.2) is 28.7 Å². The van der Waals surface area contributed by atoms with Gasteiger partial charge in [-0.25, -0.2) is 0 Å². The molecule has 0 radical (unpaired) electrons. The summed E-state index contributed by atoms with van der Waals surface area (Å²) in [7, 11) is 0. The largest absolute Gasteiger partial charge is 0.423 e. The van der Waals surface area contributed by atoms with E-state index in [9.17, 15) is 0 Å². The minimum atomic E-state index is -0.126. The highest BCUT2D eigenvalue weighted by Gasteiger charge is 2.17. The zero-order valence-electron chi connectivity index (χ0n) is 12.7. The van der Waals surface area contributed by atoms with E-state index in [2.05, 4.69) is 29.3 Å². The first kappa shape index (κ1) is 16.0. The van der Waals surface area contributed by atoms with E-state index in [-0.39, 0.29) is 6.10 Å². The van der Waals surface area contributed by atoms with Crippen molar-refractivity contribution in [3.8, 4) is 0 Å². The summed E-state index contributed by atoms with van der Waals surface area (Å²) >= 11 is 5.89. The maximum Gasteiger partial charge on any atom is 0.245 e. The summed E-state index contributed by atoms with van der Waals surface area (Å²) in [5, 5.41) is 8.65. The summed E-state index contributed by atoms with van der Waals surface area (Å²) in [5.41, 5.74) is 1.26. The number of aryl methyl sites for hydroxylation is 1. The second-order valence-corrected chi connectivity index (χ2v) is 5.76. The fourth-order valence-corrected chi connectivity index (χ4v) is 2.29. The molecule has 0 fully saturated rings. The number of aromatic nitrogens is 2. The zero-order chi connectivity index (χ0) is 15.2. The third-order valence-corrected chi connectivity index (χ3v) is 3.52. The second-order valence-electron chi connectivity index (χ2n) is 5.33. The third-order valence-electron chi connectivity index (χ3n) is 3.27. The normalized spacial score (nSPS) is 14.1. The summed E-state index contributed by atoms with van der Waals surface area (Å²) in [5.74, 6) is 1.54. The average Bonchev–Trinajstić information content (AvgIpc) is 2.89. The van der Waals surface area contributed by atoms with E-state index >= 15 is 0 Å². The Hall–Kier alpha value is -1.39. The minimum absolute atomic E-state index is 0.126. The van der Waals surface area contributed by atoms with Gasteiger partial charge < -0.3 is 9.15 Å². The summed E-state index contributed by atoms with van der Waals surface area (Å²) in [6.45, 7) is 6.66. The van der Waals surface area contributed by atoms with Crippen LogP contribution in [-0.2, 0) is 11.2 Å². The molecule has 2 atom stereocenters. The van der Waals surface area contributed by atoms with Crippen LogP contribution in [0.1, 0.15) is 43.7 Å². The Morgan fingerprint density at radius 3 is 2.52 bits per heavy atom. The maximum absolute atomic E-state index is 5.93. The van der Waals surface area contributed by atoms with Crippen LogP contribution in [0.25, 0.3) is 0 Å². The number of halogens is 1. The predicted octanol–water partition coefficient (Wildman–Crippen LogP) is 4.38. The molecule has 0 spiro atoms. The van der Waals surface area contributed by atoms with Gasteiger partial charge in [-0.15, -0.1) is 10.2 Å². The third kappa shape index (κ3) is 4.83. The van der Waals surface area contributed by atoms with Gasteiger partial charge in [0.2, 0.25) is 11.8 Å². The SMILES string of the molecule is CC[C@@H](OCC(C)Cc1ccc(Cl)cc1)c1nnc(C)o1. The fraction of sp³-hybridized carbons (Fsp3) is 0.500. The van der Waals surface area contributed by atoms with Crippen molar-refractivity contribution >= 4 is 11.6 Å². The molecule has 1 aromatic carbocycles. The number of rotatable bonds is 7. The van der Waals surface area contributed by atoms with Crippen LogP contribution in [0.2, 0.25) is 5.02 Å². The number of hydrogen-bond acceptors (Lipinski definition) is 4. The van der Waals surface area contributed by atoms with Crippen molar-refractivity contribution in [3.05, 3.63) is 46.6 Å². The molecule has 0 aliphatic carbocycles. The molecule has 114 valence electrons. The second kappa shape index (κ2) is 7.57. The zero-order valence-corrected chi connectivity index (χ0v) is 13.4. The topological polar surface area (TPSA) is 48.2 Å². The van der Waals surface area contributed by atoms with E-state index in [4.69, 9.17) is 20.8 Å². The van der Waals surface area contributed by atoms with Crippen molar-refractivity contribution in [2.75, 3.05) is 6.61 Å². The van der Waals surface area contributed by atoms with Crippen LogP contribution in [0, 0.1) is 12.8 Å². The standard InChI is InChI=1S/C16H21ClN2O2/c1-4-15(16-19-18-12(3)21-16)20-10-11(2)9-13-5-7-14(17)8-6-13/h5-8,11,15H,4,9-10H2,1-3H3/t11?,15-/m1/s1. The van der Waals surface area contributed by atoms with Gasteiger partial charge in [0.15, 0.2) is 0 Å². The van der Waals surface area contributed by atoms with E-state index < -0.39 is 0 Å². The first-order valence-corrected chi connectivity index (χ1v) is 7.62. The van der Waals surface area contributed by atoms with E-state index in [0.29, 0.717) is 24.3 Å². The molecule has 0 N–H and O–H groups in total. The van der Waals surface area contributed by atoms with Crippen molar-refractivity contribution < 1.29 is 9.15 Å². The Morgan fingerprint density at radius 1 is 1.24 bits per heavy atom. The molecular formula is C16H21ClN2O2. The molecule has 0 saturated carbocycles. The van der Waals surface area contributed by atoms with Gasteiger partial charge in [-0.2, -0.15) is 0 Å². The Balaban J connectivity index is 1.84. The van der Waals surface area contributed by atoms with Crippen LogP contribution >= 0.6 is 11.6 Å². The van der Waals surface area contributed by atoms with Crippen molar-refractivity contribution in [2.24, 2.45) is 5.92 Å². The van der Waals surface area contributed by atoms with Crippen LogP contribution < -0.4 is 0 Å². The Labute approximate surface area is 130 Å². The van der Waals surface area contributed by atoms with E-state index in [1.165, 1.54) is 5.56 Å². The van der Waals surface area contributed by atoms with Gasteiger partial charge >= 0.3 is 0 Å². The van der Waals surface area contributed by atoms with Gasteiger partial charge in [0.1, 0.15) is 6.10 Å². The Kier molecular flexibility index (Phi) is 5.76. The van der Waals surface area contributed by atoms with E-state index in [1.54, 1.807) is 6.92 Å². The molecule has 1 aromatic heterocycles. The lowest BCUT2D eigenvalue weighted by Crippen LogP contribution is -2.13. The van der Waals surface area contributed by atoms with Gasteiger partial charge in [0.05, 0.1) is 6.61 Å². The molecular weight excluding hydrogens is 288 g/mol. The summed E-state index contributed by atoms with van der Waals surface area (Å²) in [6, 6.07) is 7.94. The van der Waals surface area contributed by atoms with Crippen molar-refractivity contribution in [1.82, 2.24) is 10.2 Å². The molecule has 2 aromatic rings. The first-order valence-electron chi connectivity index (χ1n) is 7.24. The highest BCUT2D eigenvalue weighted by atomic mass is 35.5. The van der Waals surface area contributed by atoms with Crippen LogP contribution in [0.5, 0.6) is 0 Å². The number of hydrogen-bond donors (Lipinski definition) is 0. The molecule has 1 heterocycles. The number of ether oxygens (including phenoxy) is 1. The van der Waals surface area contributed by atoms with E-state index in [0.717, 1.165) is 17.9 Å². The van der Waals surface area contributed by atoms with Gasteiger partial charge in [0, 0.05) is 11.9 Å². The van der Waals surface area contributed by atoms with Crippen molar-refractivity contribution in [3.63, 3.8) is 0 Å². The fourth-order valence-electron chi connectivity index (χ4n) is 2.17. The summed E-state index contributed by atoms with van der Waals surface area (Å²) in [6.07, 6.45) is 1.64. The van der Waals surface area contributed by atoms with Crippen LogP contribution in [-0.4, -0.2) is 16.8 Å².